The largest absolute Gasteiger partial charge is 0.393 e. The van der Waals surface area contributed by atoms with E-state index >= 15 is 0 Å². The third kappa shape index (κ3) is 3.60. The highest BCUT2D eigenvalue weighted by Gasteiger charge is 2.57. The van der Waals surface area contributed by atoms with E-state index in [2.05, 4.69) is 48.1 Å². The van der Waals surface area contributed by atoms with E-state index in [1.54, 1.807) is 5.57 Å². The van der Waals surface area contributed by atoms with Crippen molar-refractivity contribution in [3.8, 4) is 0 Å². The Hall–Kier alpha value is -0.890. The van der Waals surface area contributed by atoms with E-state index in [0.717, 1.165) is 17.9 Å². The number of hydrogen-bond donors (Lipinski definition) is 1. The van der Waals surface area contributed by atoms with E-state index in [4.69, 9.17) is 0 Å². The topological polar surface area (TPSA) is 37.3 Å². The van der Waals surface area contributed by atoms with Crippen molar-refractivity contribution in [1.82, 2.24) is 0 Å². The van der Waals surface area contributed by atoms with Crippen LogP contribution in [0.4, 0.5) is 0 Å². The molecule has 8 atom stereocenters. The second-order valence-electron chi connectivity index (χ2n) is 12.6. The Kier molecular flexibility index (Phi) is 6.12. The maximum atomic E-state index is 12.8. The van der Waals surface area contributed by atoms with Crippen LogP contribution in [0.25, 0.3) is 0 Å². The predicted molar refractivity (Wildman–Crippen MR) is 129 cm³/mol. The molecule has 0 aromatic heterocycles. The Balaban J connectivity index is 1.57. The summed E-state index contributed by atoms with van der Waals surface area (Å²) in [5.41, 5.74) is 5.05. The van der Waals surface area contributed by atoms with Crippen molar-refractivity contribution >= 4 is 5.78 Å². The highest BCUT2D eigenvalue weighted by Crippen LogP contribution is 2.66. The highest BCUT2D eigenvalue weighted by atomic mass is 16.3. The average Bonchev–Trinajstić information content (AvgIpc) is 3.07. The molecule has 0 heterocycles. The highest BCUT2D eigenvalue weighted by molar-refractivity contribution is 5.95. The molecule has 2 heteroatoms. The maximum absolute atomic E-state index is 12.8. The number of aliphatic hydroxyl groups is 1. The van der Waals surface area contributed by atoms with Crippen LogP contribution in [-0.4, -0.2) is 17.0 Å². The Labute approximate surface area is 191 Å². The quantitative estimate of drug-likeness (QED) is 0.375. The Morgan fingerprint density at radius 3 is 2.48 bits per heavy atom. The van der Waals surface area contributed by atoms with Gasteiger partial charge in [0.25, 0.3) is 0 Å². The molecule has 0 aromatic carbocycles. The molecular weight excluding hydrogens is 380 g/mol. The zero-order chi connectivity index (χ0) is 22.7. The van der Waals surface area contributed by atoms with Gasteiger partial charge in [-0.3, -0.25) is 4.79 Å². The van der Waals surface area contributed by atoms with E-state index in [0.29, 0.717) is 35.5 Å². The molecule has 3 fully saturated rings. The molecule has 3 saturated carbocycles. The summed E-state index contributed by atoms with van der Waals surface area (Å²) in [4.78, 5) is 12.8. The van der Waals surface area contributed by atoms with E-state index in [1.807, 2.05) is 5.57 Å². The van der Waals surface area contributed by atoms with E-state index in [1.165, 1.54) is 44.9 Å². The van der Waals surface area contributed by atoms with Gasteiger partial charge in [-0.05, 0) is 103 Å². The van der Waals surface area contributed by atoms with Gasteiger partial charge in [0.1, 0.15) is 0 Å². The normalized spacial score (nSPS) is 43.3. The van der Waals surface area contributed by atoms with Crippen LogP contribution in [0.2, 0.25) is 0 Å². The number of aliphatic hydroxyl groups excluding tert-OH is 1. The van der Waals surface area contributed by atoms with E-state index in [-0.39, 0.29) is 23.2 Å². The lowest BCUT2D eigenvalue weighted by atomic mass is 9.47. The molecule has 1 N–H and O–H groups in total. The van der Waals surface area contributed by atoms with Crippen molar-refractivity contribution in [3.63, 3.8) is 0 Å². The van der Waals surface area contributed by atoms with Crippen molar-refractivity contribution < 1.29 is 9.90 Å². The van der Waals surface area contributed by atoms with Crippen LogP contribution in [0, 0.1) is 46.3 Å². The lowest BCUT2D eigenvalue weighted by Crippen LogP contribution is -2.51. The van der Waals surface area contributed by atoms with Crippen LogP contribution in [-0.2, 0) is 4.79 Å². The first kappa shape index (κ1) is 23.3. The SMILES string of the molecule is C=C(C(=O)C[C@@H](C)[C@H]1CCC2=C3CC[C@H]4[C@H](C)[C@@H](O)CC[C@]4(C)[C@H]3CC[C@@]21C)C(C)C. The minimum Gasteiger partial charge on any atom is -0.393 e. The standard InChI is InChI=1S/C29H46O2/c1-17(2)19(4)27(31)16-18(3)22-10-11-24-21-8-9-23-20(5)26(30)13-15-29(23,7)25(21)12-14-28(22,24)6/h17-18,20,22-23,25-26,30H,4,8-16H2,1-3,5-7H3/t18-,20+,22-,23+,25+,26+,28-,29+/m1/s1. The fourth-order valence-electron chi connectivity index (χ4n) is 8.79. The van der Waals surface area contributed by atoms with E-state index in [9.17, 15) is 9.90 Å². The van der Waals surface area contributed by atoms with Gasteiger partial charge in [-0.15, -0.1) is 0 Å². The second-order valence-corrected chi connectivity index (χ2v) is 12.6. The summed E-state index contributed by atoms with van der Waals surface area (Å²) in [6.45, 7) is 17.9. The molecule has 0 aromatic rings. The van der Waals surface area contributed by atoms with Crippen LogP contribution in [0.1, 0.15) is 99.3 Å². The molecule has 4 aliphatic carbocycles. The van der Waals surface area contributed by atoms with Crippen LogP contribution >= 0.6 is 0 Å². The molecule has 0 bridgehead atoms. The number of carbonyl (C=O) groups is 1. The molecule has 31 heavy (non-hydrogen) atoms. The lowest BCUT2D eigenvalue weighted by Gasteiger charge is -2.58. The fourth-order valence-corrected chi connectivity index (χ4v) is 8.79. The Bertz CT molecular complexity index is 776. The van der Waals surface area contributed by atoms with Crippen LogP contribution in [0.15, 0.2) is 23.3 Å². The zero-order valence-corrected chi connectivity index (χ0v) is 21.0. The van der Waals surface area contributed by atoms with Gasteiger partial charge >= 0.3 is 0 Å². The number of Topliss-reactive ketones (excluding diaryl/α,β-unsaturated/α-hetero) is 1. The average molecular weight is 427 g/mol. The first-order chi connectivity index (χ1) is 14.5. The minimum atomic E-state index is -0.101. The van der Waals surface area contributed by atoms with Crippen molar-refractivity contribution in [1.29, 1.82) is 0 Å². The van der Waals surface area contributed by atoms with Gasteiger partial charge in [-0.1, -0.05) is 59.3 Å². The van der Waals surface area contributed by atoms with Crippen molar-refractivity contribution in [2.75, 3.05) is 0 Å². The van der Waals surface area contributed by atoms with Gasteiger partial charge in [0.15, 0.2) is 5.78 Å². The molecule has 174 valence electrons. The van der Waals surface area contributed by atoms with Gasteiger partial charge < -0.3 is 5.11 Å². The van der Waals surface area contributed by atoms with Crippen molar-refractivity contribution in [3.05, 3.63) is 23.3 Å². The van der Waals surface area contributed by atoms with Gasteiger partial charge in [-0.2, -0.15) is 0 Å². The maximum Gasteiger partial charge on any atom is 0.158 e. The van der Waals surface area contributed by atoms with Gasteiger partial charge in [-0.25, -0.2) is 0 Å². The molecule has 0 spiro atoms. The second kappa shape index (κ2) is 8.15. The molecular formula is C29H46O2. The van der Waals surface area contributed by atoms with Gasteiger partial charge in [0.2, 0.25) is 0 Å². The molecule has 0 radical (unpaired) electrons. The molecule has 0 unspecified atom stereocenters. The minimum absolute atomic E-state index is 0.101. The summed E-state index contributed by atoms with van der Waals surface area (Å²) in [6, 6.07) is 0. The summed E-state index contributed by atoms with van der Waals surface area (Å²) in [6.07, 6.45) is 10.3. The first-order valence-electron chi connectivity index (χ1n) is 13.1. The number of fused-ring (bicyclic) bond motifs is 4. The smallest absolute Gasteiger partial charge is 0.158 e. The Morgan fingerprint density at radius 2 is 1.81 bits per heavy atom. The number of ketones is 1. The first-order valence-corrected chi connectivity index (χ1v) is 13.1. The number of carbonyl (C=O) groups excluding carboxylic acids is 1. The Morgan fingerprint density at radius 1 is 1.10 bits per heavy atom. The predicted octanol–water partition coefficient (Wildman–Crippen LogP) is 7.12. The molecule has 4 aliphatic rings. The third-order valence-electron chi connectivity index (χ3n) is 10.8. The molecule has 0 amide bonds. The van der Waals surface area contributed by atoms with Crippen LogP contribution in [0.3, 0.4) is 0 Å². The summed E-state index contributed by atoms with van der Waals surface area (Å²) >= 11 is 0. The summed E-state index contributed by atoms with van der Waals surface area (Å²) in [5, 5.41) is 10.5. The van der Waals surface area contributed by atoms with Crippen molar-refractivity contribution in [2.24, 2.45) is 46.3 Å². The molecule has 2 nitrogen and oxygen atoms in total. The van der Waals surface area contributed by atoms with Crippen LogP contribution in [0.5, 0.6) is 0 Å². The number of allylic oxidation sites excluding steroid dienone is 3. The molecule has 0 aliphatic heterocycles. The number of rotatable bonds is 5. The molecule has 0 saturated heterocycles. The summed E-state index contributed by atoms with van der Waals surface area (Å²) < 4.78 is 0. The number of hydrogen-bond acceptors (Lipinski definition) is 2. The van der Waals surface area contributed by atoms with Gasteiger partial charge in [0, 0.05) is 6.42 Å². The van der Waals surface area contributed by atoms with Crippen molar-refractivity contribution in [2.45, 2.75) is 105 Å². The third-order valence-corrected chi connectivity index (χ3v) is 10.8. The summed E-state index contributed by atoms with van der Waals surface area (Å²) in [7, 11) is 0. The van der Waals surface area contributed by atoms with Gasteiger partial charge in [0.05, 0.1) is 6.10 Å². The zero-order valence-electron chi connectivity index (χ0n) is 21.0. The monoisotopic (exact) mass is 426 g/mol. The lowest BCUT2D eigenvalue weighted by molar-refractivity contribution is -0.117. The van der Waals surface area contributed by atoms with E-state index < -0.39 is 0 Å². The molecule has 4 rings (SSSR count). The summed E-state index contributed by atoms with van der Waals surface area (Å²) in [5.74, 6) is 3.42. The van der Waals surface area contributed by atoms with Crippen LogP contribution < -0.4 is 0 Å². The fraction of sp³-hybridized carbons (Fsp3) is 0.828.